The van der Waals surface area contributed by atoms with Gasteiger partial charge in [-0.1, -0.05) is 24.3 Å². The van der Waals surface area contributed by atoms with E-state index in [1.54, 1.807) is 19.9 Å². The van der Waals surface area contributed by atoms with Gasteiger partial charge in [-0.15, -0.1) is 0 Å². The topological polar surface area (TPSA) is 41.9 Å². The molecule has 1 aromatic rings. The first-order valence-corrected chi connectivity index (χ1v) is 5.39. The van der Waals surface area contributed by atoms with Crippen LogP contribution in [0.2, 0.25) is 0 Å². The van der Waals surface area contributed by atoms with Crippen molar-refractivity contribution in [2.45, 2.75) is 13.8 Å². The van der Waals surface area contributed by atoms with E-state index in [-0.39, 0.29) is 0 Å². The summed E-state index contributed by atoms with van der Waals surface area (Å²) >= 11 is 0. The van der Waals surface area contributed by atoms with E-state index in [9.17, 15) is 4.79 Å². The van der Waals surface area contributed by atoms with Crippen LogP contribution < -0.4 is 5.01 Å². The Hall–Kier alpha value is -2.10. The maximum Gasteiger partial charge on any atom is 0.356 e. The van der Waals surface area contributed by atoms with Gasteiger partial charge in [0.05, 0.1) is 12.3 Å². The monoisotopic (exact) mass is 232 g/mol. The third-order valence-corrected chi connectivity index (χ3v) is 2.13. The zero-order chi connectivity index (χ0) is 12.7. The van der Waals surface area contributed by atoms with Crippen LogP contribution in [0.4, 0.5) is 5.69 Å². The van der Waals surface area contributed by atoms with E-state index in [4.69, 9.17) is 4.74 Å². The number of ether oxygens (including phenoxy) is 1. The van der Waals surface area contributed by atoms with Crippen molar-refractivity contribution in [1.29, 1.82) is 0 Å². The number of esters is 1. The lowest BCUT2D eigenvalue weighted by Gasteiger charge is -2.20. The first-order valence-electron chi connectivity index (χ1n) is 5.39. The minimum absolute atomic E-state index is 0.329. The molecule has 0 aliphatic carbocycles. The molecule has 1 rings (SSSR count). The molecule has 0 saturated heterocycles. The molecular formula is C13H16N2O2. The summed E-state index contributed by atoms with van der Waals surface area (Å²) in [6.07, 6.45) is 1.65. The molecule has 0 fully saturated rings. The fourth-order valence-electron chi connectivity index (χ4n) is 1.40. The molecule has 0 bridgehead atoms. The van der Waals surface area contributed by atoms with Crippen molar-refractivity contribution in [3.05, 3.63) is 42.1 Å². The summed E-state index contributed by atoms with van der Waals surface area (Å²) < 4.78 is 4.96. The number of hydrogen-bond donors (Lipinski definition) is 0. The molecule has 4 heteroatoms. The molecule has 0 saturated carbocycles. The largest absolute Gasteiger partial charge is 0.461 e. The van der Waals surface area contributed by atoms with E-state index in [2.05, 4.69) is 11.8 Å². The molecule has 0 spiro atoms. The van der Waals surface area contributed by atoms with Crippen molar-refractivity contribution in [2.24, 2.45) is 5.10 Å². The minimum Gasteiger partial charge on any atom is -0.461 e. The summed E-state index contributed by atoms with van der Waals surface area (Å²) in [4.78, 5) is 11.7. The molecular weight excluding hydrogens is 216 g/mol. The lowest BCUT2D eigenvalue weighted by Crippen LogP contribution is -2.23. The highest BCUT2D eigenvalue weighted by Gasteiger charge is 2.18. The Morgan fingerprint density at radius 1 is 1.47 bits per heavy atom. The number of carbonyl (C=O) groups excluding carboxylic acids is 1. The number of hydrogen-bond acceptors (Lipinski definition) is 4. The molecule has 0 N–H and O–H groups in total. The van der Waals surface area contributed by atoms with Crippen molar-refractivity contribution >= 4 is 18.4 Å². The zero-order valence-corrected chi connectivity index (χ0v) is 10.1. The quantitative estimate of drug-likeness (QED) is 0.339. The van der Waals surface area contributed by atoms with Crippen LogP contribution in [0, 0.1) is 0 Å². The predicted molar refractivity (Wildman–Crippen MR) is 68.9 cm³/mol. The zero-order valence-electron chi connectivity index (χ0n) is 10.1. The van der Waals surface area contributed by atoms with Crippen LogP contribution in [-0.2, 0) is 9.53 Å². The molecule has 0 aliphatic rings. The van der Waals surface area contributed by atoms with Crippen LogP contribution in [0.5, 0.6) is 0 Å². The SMILES string of the molecule is C=NN(/C(=C\C)C(=O)OCC)c1ccccc1. The van der Waals surface area contributed by atoms with Crippen molar-refractivity contribution < 1.29 is 9.53 Å². The first-order chi connectivity index (χ1) is 8.24. The maximum atomic E-state index is 11.7. The number of nitrogens with zero attached hydrogens (tertiary/aromatic N) is 2. The van der Waals surface area contributed by atoms with Gasteiger partial charge in [-0.2, -0.15) is 5.10 Å². The highest BCUT2D eigenvalue weighted by molar-refractivity contribution is 5.92. The Labute approximate surface area is 101 Å². The van der Waals surface area contributed by atoms with Crippen LogP contribution in [0.15, 0.2) is 47.2 Å². The van der Waals surface area contributed by atoms with E-state index in [0.29, 0.717) is 12.3 Å². The van der Waals surface area contributed by atoms with E-state index in [1.807, 2.05) is 30.3 Å². The van der Waals surface area contributed by atoms with Crippen molar-refractivity contribution in [3.8, 4) is 0 Å². The van der Waals surface area contributed by atoms with Gasteiger partial charge in [0.25, 0.3) is 0 Å². The van der Waals surface area contributed by atoms with E-state index in [0.717, 1.165) is 5.69 Å². The number of anilines is 1. The van der Waals surface area contributed by atoms with Gasteiger partial charge in [-0.05, 0) is 26.0 Å². The summed E-state index contributed by atoms with van der Waals surface area (Å²) in [5.41, 5.74) is 1.12. The molecule has 0 heterocycles. The normalized spacial score (nSPS) is 10.8. The van der Waals surface area contributed by atoms with Crippen LogP contribution in [0.1, 0.15) is 13.8 Å². The highest BCUT2D eigenvalue weighted by atomic mass is 16.5. The standard InChI is InChI=1S/C13H16N2O2/c1-4-12(13(16)17-5-2)15(14-3)11-9-7-6-8-10-11/h4,6-10H,3,5H2,1-2H3/b12-4-. The summed E-state index contributed by atoms with van der Waals surface area (Å²) in [6, 6.07) is 9.32. The number of hydrazone groups is 1. The number of para-hydroxylation sites is 1. The molecule has 0 radical (unpaired) electrons. The molecule has 0 unspecified atom stereocenters. The smallest absolute Gasteiger partial charge is 0.356 e. The Bertz CT molecular complexity index is 413. The number of benzene rings is 1. The number of allylic oxidation sites excluding steroid dienone is 1. The summed E-state index contributed by atoms with van der Waals surface area (Å²) in [6.45, 7) is 7.33. The lowest BCUT2D eigenvalue weighted by molar-refractivity contribution is -0.138. The van der Waals surface area contributed by atoms with Crippen LogP contribution >= 0.6 is 0 Å². The van der Waals surface area contributed by atoms with Crippen molar-refractivity contribution in [2.75, 3.05) is 11.6 Å². The summed E-state index contributed by atoms with van der Waals surface area (Å²) in [5, 5.41) is 5.30. The molecule has 1 aromatic carbocycles. The summed E-state index contributed by atoms with van der Waals surface area (Å²) in [7, 11) is 0. The molecule has 0 atom stereocenters. The van der Waals surface area contributed by atoms with Crippen LogP contribution in [0.3, 0.4) is 0 Å². The van der Waals surface area contributed by atoms with Gasteiger partial charge in [-0.25, -0.2) is 9.80 Å². The average Bonchev–Trinajstić information content (AvgIpc) is 2.37. The van der Waals surface area contributed by atoms with E-state index < -0.39 is 5.97 Å². The summed E-state index contributed by atoms with van der Waals surface area (Å²) in [5.74, 6) is -0.411. The molecule has 0 amide bonds. The van der Waals surface area contributed by atoms with Gasteiger partial charge in [0.15, 0.2) is 0 Å². The third-order valence-electron chi connectivity index (χ3n) is 2.13. The molecule has 0 aliphatic heterocycles. The Kier molecular flexibility index (Phi) is 4.94. The fourth-order valence-corrected chi connectivity index (χ4v) is 1.40. The minimum atomic E-state index is -0.411. The Morgan fingerprint density at radius 2 is 2.12 bits per heavy atom. The molecule has 90 valence electrons. The maximum absolute atomic E-state index is 11.7. The average molecular weight is 232 g/mol. The Morgan fingerprint density at radius 3 is 2.59 bits per heavy atom. The van der Waals surface area contributed by atoms with Crippen LogP contribution in [-0.4, -0.2) is 19.3 Å². The molecule has 4 nitrogen and oxygen atoms in total. The number of carbonyl (C=O) groups is 1. The number of rotatable bonds is 5. The highest BCUT2D eigenvalue weighted by Crippen LogP contribution is 2.19. The van der Waals surface area contributed by atoms with Crippen LogP contribution in [0.25, 0.3) is 0 Å². The second-order valence-corrected chi connectivity index (χ2v) is 3.18. The van der Waals surface area contributed by atoms with Gasteiger partial charge in [0, 0.05) is 6.72 Å². The second-order valence-electron chi connectivity index (χ2n) is 3.18. The van der Waals surface area contributed by atoms with Crippen molar-refractivity contribution in [3.63, 3.8) is 0 Å². The van der Waals surface area contributed by atoms with E-state index >= 15 is 0 Å². The Balaban J connectivity index is 3.01. The van der Waals surface area contributed by atoms with Gasteiger partial charge >= 0.3 is 5.97 Å². The van der Waals surface area contributed by atoms with Gasteiger partial charge in [0.2, 0.25) is 0 Å². The van der Waals surface area contributed by atoms with Gasteiger partial charge in [0.1, 0.15) is 5.70 Å². The predicted octanol–water partition coefficient (Wildman–Crippen LogP) is 2.58. The fraction of sp³-hybridized carbons (Fsp3) is 0.231. The lowest BCUT2D eigenvalue weighted by atomic mass is 10.3. The van der Waals surface area contributed by atoms with Crippen molar-refractivity contribution in [1.82, 2.24) is 0 Å². The molecule has 17 heavy (non-hydrogen) atoms. The van der Waals surface area contributed by atoms with Gasteiger partial charge in [-0.3, -0.25) is 0 Å². The van der Waals surface area contributed by atoms with E-state index in [1.165, 1.54) is 5.01 Å². The second kappa shape index (κ2) is 6.48. The first kappa shape index (κ1) is 13.0. The third kappa shape index (κ3) is 3.17. The van der Waals surface area contributed by atoms with Gasteiger partial charge < -0.3 is 4.74 Å². The molecule has 0 aromatic heterocycles.